The molecule has 0 aliphatic heterocycles. The number of aliphatic hydroxyl groups excluding tert-OH is 2. The van der Waals surface area contributed by atoms with E-state index in [2.05, 4.69) is 10.1 Å². The monoisotopic (exact) mass is 532 g/mol. The molecule has 2 unspecified atom stereocenters. The van der Waals surface area contributed by atoms with E-state index in [0.29, 0.717) is 12.1 Å². The smallest absolute Gasteiger partial charge is 0.328 e. The molecule has 37 heavy (non-hydrogen) atoms. The number of carbonyl (C=O) groups excluding carboxylic acids is 3. The Bertz CT molecular complexity index is 1110. The number of hydrogen-bond acceptors (Lipinski definition) is 7. The molecule has 0 aromatic heterocycles. The average Bonchev–Trinajstić information content (AvgIpc) is 2.81. The number of ether oxygens (including phenoxy) is 1. The second kappa shape index (κ2) is 13.9. The van der Waals surface area contributed by atoms with Gasteiger partial charge in [-0.05, 0) is 49.2 Å². The van der Waals surface area contributed by atoms with Crippen molar-refractivity contribution < 1.29 is 56.8 Å². The molecular weight excluding hydrogens is 508 g/mol. The van der Waals surface area contributed by atoms with Crippen LogP contribution in [0.3, 0.4) is 0 Å². The Morgan fingerprint density at radius 3 is 1.32 bits per heavy atom. The number of methoxy groups -OCH3 is 1. The zero-order chi connectivity index (χ0) is 28.4. The highest BCUT2D eigenvalue weighted by Gasteiger charge is 2.24. The van der Waals surface area contributed by atoms with E-state index in [9.17, 15) is 47.0 Å². The first-order valence-electron chi connectivity index (χ1n) is 10.4. The van der Waals surface area contributed by atoms with E-state index in [1.807, 2.05) is 5.32 Å². The molecule has 202 valence electrons. The summed E-state index contributed by atoms with van der Waals surface area (Å²) in [5, 5.41) is 31.9. The first kappa shape index (κ1) is 31.0. The molecule has 4 atom stereocenters. The van der Waals surface area contributed by atoms with Gasteiger partial charge >= 0.3 is 11.9 Å². The number of hydrogen-bond donors (Lipinski definition) is 5. The first-order valence-corrected chi connectivity index (χ1v) is 10.4. The third kappa shape index (κ3) is 9.85. The van der Waals surface area contributed by atoms with Crippen LogP contribution in [-0.2, 0) is 23.9 Å². The predicted octanol–water partition coefficient (Wildman–Crippen LogP) is 1.26. The molecule has 0 aliphatic rings. The summed E-state index contributed by atoms with van der Waals surface area (Å²) in [4.78, 5) is 44.6. The van der Waals surface area contributed by atoms with Crippen molar-refractivity contribution in [2.45, 2.75) is 38.1 Å². The molecule has 0 saturated heterocycles. The Labute approximate surface area is 207 Å². The molecule has 0 aliphatic carbocycles. The average molecular weight is 532 g/mol. The highest BCUT2D eigenvalue weighted by atomic mass is 19.1. The molecule has 0 radical (unpaired) electrons. The van der Waals surface area contributed by atoms with Gasteiger partial charge in [0.1, 0.15) is 35.4 Å². The number of rotatable bonds is 8. The lowest BCUT2D eigenvalue weighted by Crippen LogP contribution is -2.41. The third-order valence-electron chi connectivity index (χ3n) is 4.54. The molecule has 2 amide bonds. The fourth-order valence-electron chi connectivity index (χ4n) is 2.65. The lowest BCUT2D eigenvalue weighted by molar-refractivity contribution is -0.145. The number of carbonyl (C=O) groups is 4. The van der Waals surface area contributed by atoms with E-state index in [-0.39, 0.29) is 11.1 Å². The molecule has 2 aromatic rings. The van der Waals surface area contributed by atoms with Crippen molar-refractivity contribution in [2.75, 3.05) is 7.11 Å². The number of carboxylic acid groups (broad SMARTS) is 1. The van der Waals surface area contributed by atoms with Crippen LogP contribution in [0.5, 0.6) is 0 Å². The van der Waals surface area contributed by atoms with E-state index in [1.54, 1.807) is 0 Å². The largest absolute Gasteiger partial charge is 0.480 e. The van der Waals surface area contributed by atoms with Gasteiger partial charge in [-0.3, -0.25) is 14.4 Å². The lowest BCUT2D eigenvalue weighted by atomic mass is 10.1. The standard InChI is InChI=1S/C12H13F2NO4.C11H11F2NO4/c1-6(12(18)19-2)15-11(17)10(16)7-3-8(13)5-9(14)4-7;1-5(11(17)18)14-10(16)9(15)6-2-7(12)4-8(13)3-6/h3-6,10,16H,1-2H3,(H,15,17);2-5,9,15H,1H3,(H,14,16)(H,17,18)/t6-,10?;5-,9?/m11/s1. The second-order valence-corrected chi connectivity index (χ2v) is 7.53. The van der Waals surface area contributed by atoms with Crippen molar-refractivity contribution in [1.82, 2.24) is 10.6 Å². The van der Waals surface area contributed by atoms with Gasteiger partial charge in [0, 0.05) is 12.1 Å². The molecule has 5 N–H and O–H groups in total. The summed E-state index contributed by atoms with van der Waals surface area (Å²) in [7, 11) is 1.14. The summed E-state index contributed by atoms with van der Waals surface area (Å²) in [6.07, 6.45) is -3.62. The fraction of sp³-hybridized carbons (Fsp3) is 0.304. The van der Waals surface area contributed by atoms with Gasteiger partial charge in [0.2, 0.25) is 0 Å². The summed E-state index contributed by atoms with van der Waals surface area (Å²) < 4.78 is 56.0. The minimum absolute atomic E-state index is 0.243. The van der Waals surface area contributed by atoms with Gasteiger partial charge in [0.15, 0.2) is 12.2 Å². The van der Waals surface area contributed by atoms with Crippen LogP contribution in [0, 0.1) is 23.3 Å². The molecule has 0 heterocycles. The van der Waals surface area contributed by atoms with Crippen LogP contribution in [-0.4, -0.2) is 58.3 Å². The van der Waals surface area contributed by atoms with Crippen LogP contribution in [0.25, 0.3) is 0 Å². The molecule has 0 saturated carbocycles. The van der Waals surface area contributed by atoms with Gasteiger partial charge in [0.05, 0.1) is 7.11 Å². The van der Waals surface area contributed by atoms with Gasteiger partial charge in [-0.25, -0.2) is 22.4 Å². The summed E-state index contributed by atoms with van der Waals surface area (Å²) in [6.45, 7) is 2.54. The Balaban J connectivity index is 0.000000371. The van der Waals surface area contributed by atoms with Gasteiger partial charge in [-0.15, -0.1) is 0 Å². The normalized spacial score (nSPS) is 13.6. The van der Waals surface area contributed by atoms with Crippen molar-refractivity contribution in [3.05, 3.63) is 70.8 Å². The maximum Gasteiger partial charge on any atom is 0.328 e. The van der Waals surface area contributed by atoms with Crippen LogP contribution in [0.1, 0.15) is 37.2 Å². The molecule has 0 spiro atoms. The number of nitrogens with one attached hydrogen (secondary N) is 2. The summed E-state index contributed by atoms with van der Waals surface area (Å²) in [5.74, 6) is -7.71. The van der Waals surface area contributed by atoms with Crippen molar-refractivity contribution >= 4 is 23.8 Å². The maximum absolute atomic E-state index is 12.9. The van der Waals surface area contributed by atoms with Crippen LogP contribution >= 0.6 is 0 Å². The second-order valence-electron chi connectivity index (χ2n) is 7.53. The number of amides is 2. The van der Waals surface area contributed by atoms with Gasteiger partial charge in [-0.2, -0.15) is 0 Å². The Morgan fingerprint density at radius 2 is 1.03 bits per heavy atom. The quantitative estimate of drug-likeness (QED) is 0.251. The first-order chi connectivity index (χ1) is 17.2. The van der Waals surface area contributed by atoms with Crippen molar-refractivity contribution in [3.63, 3.8) is 0 Å². The SMILES string of the molecule is COC(=O)[C@@H](C)NC(=O)C(O)c1cc(F)cc(F)c1.C[C@@H](NC(=O)C(O)c1cc(F)cc(F)c1)C(=O)O. The third-order valence-corrected chi connectivity index (χ3v) is 4.54. The summed E-state index contributed by atoms with van der Waals surface area (Å²) >= 11 is 0. The van der Waals surface area contributed by atoms with E-state index in [4.69, 9.17) is 5.11 Å². The number of aliphatic hydroxyl groups is 2. The van der Waals surface area contributed by atoms with Crippen LogP contribution in [0.4, 0.5) is 17.6 Å². The minimum atomic E-state index is -1.84. The summed E-state index contributed by atoms with van der Waals surface area (Å²) in [5.41, 5.74) is -0.533. The Morgan fingerprint density at radius 1 is 0.703 bits per heavy atom. The molecule has 2 rings (SSSR count). The number of carboxylic acids is 1. The van der Waals surface area contributed by atoms with Gasteiger partial charge < -0.3 is 30.7 Å². The highest BCUT2D eigenvalue weighted by Crippen LogP contribution is 2.17. The minimum Gasteiger partial charge on any atom is -0.480 e. The molecule has 14 heteroatoms. The number of aliphatic carboxylic acids is 1. The molecule has 0 fully saturated rings. The van der Waals surface area contributed by atoms with Crippen molar-refractivity contribution in [1.29, 1.82) is 0 Å². The molecule has 10 nitrogen and oxygen atoms in total. The molecule has 2 aromatic carbocycles. The van der Waals surface area contributed by atoms with Gasteiger partial charge in [0.25, 0.3) is 11.8 Å². The number of halogens is 4. The Hall–Kier alpha value is -4.04. The fourth-order valence-corrected chi connectivity index (χ4v) is 2.65. The zero-order valence-corrected chi connectivity index (χ0v) is 19.7. The molecule has 0 bridgehead atoms. The van der Waals surface area contributed by atoms with E-state index < -0.39 is 71.3 Å². The zero-order valence-electron chi connectivity index (χ0n) is 19.7. The predicted molar refractivity (Wildman–Crippen MR) is 117 cm³/mol. The van der Waals surface area contributed by atoms with Crippen molar-refractivity contribution in [2.24, 2.45) is 0 Å². The molecular formula is C23H24F4N2O8. The van der Waals surface area contributed by atoms with E-state index in [1.165, 1.54) is 13.8 Å². The van der Waals surface area contributed by atoms with E-state index >= 15 is 0 Å². The van der Waals surface area contributed by atoms with E-state index in [0.717, 1.165) is 31.4 Å². The van der Waals surface area contributed by atoms with Gasteiger partial charge in [-0.1, -0.05) is 0 Å². The lowest BCUT2D eigenvalue weighted by Gasteiger charge is -2.15. The van der Waals surface area contributed by atoms with Crippen molar-refractivity contribution in [3.8, 4) is 0 Å². The van der Waals surface area contributed by atoms with Crippen LogP contribution in [0.15, 0.2) is 36.4 Å². The van der Waals surface area contributed by atoms with Crippen LogP contribution in [0.2, 0.25) is 0 Å². The maximum atomic E-state index is 12.9. The topological polar surface area (TPSA) is 162 Å². The summed E-state index contributed by atoms with van der Waals surface area (Å²) in [6, 6.07) is 2.25. The van der Waals surface area contributed by atoms with Crippen LogP contribution < -0.4 is 10.6 Å². The number of esters is 1. The highest BCUT2D eigenvalue weighted by molar-refractivity contribution is 5.87. The number of benzene rings is 2. The Kier molecular flexibility index (Phi) is 11.6.